The molecule has 12 heavy (non-hydrogen) atoms. The Morgan fingerprint density at radius 2 is 1.25 bits per heavy atom. The molecule has 0 N–H and O–H groups in total. The van der Waals surface area contributed by atoms with Crippen molar-refractivity contribution in [3.8, 4) is 0 Å². The SMILES string of the molecule is CB1O[C@H](C(C)C)[C@@H](C(C)C)O1. The number of hydrogen-bond acceptors (Lipinski definition) is 2. The van der Waals surface area contributed by atoms with Gasteiger partial charge in [0.25, 0.3) is 0 Å². The Balaban J connectivity index is 2.59. The van der Waals surface area contributed by atoms with Gasteiger partial charge < -0.3 is 9.31 Å². The fourth-order valence-corrected chi connectivity index (χ4v) is 1.70. The highest BCUT2D eigenvalue weighted by atomic mass is 16.7. The van der Waals surface area contributed by atoms with E-state index in [9.17, 15) is 0 Å². The van der Waals surface area contributed by atoms with Crippen LogP contribution in [0.15, 0.2) is 0 Å². The van der Waals surface area contributed by atoms with Crippen LogP contribution in [0.4, 0.5) is 0 Å². The van der Waals surface area contributed by atoms with Crippen LogP contribution in [-0.2, 0) is 9.31 Å². The molecular weight excluding hydrogens is 151 g/mol. The summed E-state index contributed by atoms with van der Waals surface area (Å²) < 4.78 is 11.3. The van der Waals surface area contributed by atoms with Crippen LogP contribution in [0.1, 0.15) is 27.7 Å². The van der Waals surface area contributed by atoms with Gasteiger partial charge in [-0.3, -0.25) is 0 Å². The van der Waals surface area contributed by atoms with Gasteiger partial charge in [-0.1, -0.05) is 27.7 Å². The normalized spacial score (nSPS) is 30.8. The van der Waals surface area contributed by atoms with Crippen molar-refractivity contribution in [2.75, 3.05) is 0 Å². The molecule has 0 aromatic carbocycles. The fourth-order valence-electron chi connectivity index (χ4n) is 1.70. The Bertz CT molecular complexity index is 131. The van der Waals surface area contributed by atoms with Gasteiger partial charge in [0.1, 0.15) is 0 Å². The zero-order chi connectivity index (χ0) is 9.30. The predicted molar refractivity (Wildman–Crippen MR) is 51.0 cm³/mol. The van der Waals surface area contributed by atoms with Crippen LogP contribution < -0.4 is 0 Å². The zero-order valence-electron chi connectivity index (χ0n) is 8.70. The van der Waals surface area contributed by atoms with Crippen LogP contribution >= 0.6 is 0 Å². The summed E-state index contributed by atoms with van der Waals surface area (Å²) in [7, 11) is -0.0233. The molecule has 0 aliphatic carbocycles. The van der Waals surface area contributed by atoms with E-state index in [2.05, 4.69) is 27.7 Å². The summed E-state index contributed by atoms with van der Waals surface area (Å²) >= 11 is 0. The number of hydrogen-bond donors (Lipinski definition) is 0. The van der Waals surface area contributed by atoms with Crippen molar-refractivity contribution in [3.63, 3.8) is 0 Å². The lowest BCUT2D eigenvalue weighted by atomic mass is 9.94. The molecule has 2 nitrogen and oxygen atoms in total. The quantitative estimate of drug-likeness (QED) is 0.591. The monoisotopic (exact) mass is 170 g/mol. The van der Waals surface area contributed by atoms with Crippen LogP contribution in [-0.4, -0.2) is 19.3 Å². The van der Waals surface area contributed by atoms with Crippen LogP contribution in [0.5, 0.6) is 0 Å². The number of rotatable bonds is 2. The molecule has 0 amide bonds. The van der Waals surface area contributed by atoms with Gasteiger partial charge in [0.15, 0.2) is 0 Å². The van der Waals surface area contributed by atoms with Gasteiger partial charge in [-0.15, -0.1) is 0 Å². The fraction of sp³-hybridized carbons (Fsp3) is 1.00. The molecule has 0 radical (unpaired) electrons. The van der Waals surface area contributed by atoms with E-state index in [4.69, 9.17) is 9.31 Å². The molecule has 0 bridgehead atoms. The van der Waals surface area contributed by atoms with E-state index in [0.29, 0.717) is 11.8 Å². The van der Waals surface area contributed by atoms with Crippen molar-refractivity contribution in [3.05, 3.63) is 0 Å². The first-order chi connectivity index (χ1) is 5.52. The van der Waals surface area contributed by atoms with Crippen molar-refractivity contribution in [1.82, 2.24) is 0 Å². The second-order valence-electron chi connectivity index (χ2n) is 4.26. The van der Waals surface area contributed by atoms with Crippen LogP contribution in [0.25, 0.3) is 0 Å². The Morgan fingerprint density at radius 1 is 0.917 bits per heavy atom. The van der Waals surface area contributed by atoms with Gasteiger partial charge >= 0.3 is 7.12 Å². The topological polar surface area (TPSA) is 18.5 Å². The lowest BCUT2D eigenvalue weighted by Crippen LogP contribution is -2.31. The molecule has 1 aliphatic heterocycles. The van der Waals surface area contributed by atoms with Crippen molar-refractivity contribution >= 4 is 7.12 Å². The van der Waals surface area contributed by atoms with Crippen molar-refractivity contribution in [1.29, 1.82) is 0 Å². The minimum atomic E-state index is -0.0233. The molecule has 0 saturated carbocycles. The van der Waals surface area contributed by atoms with E-state index in [0.717, 1.165) is 0 Å². The smallest absolute Gasteiger partial charge is 0.406 e. The maximum atomic E-state index is 5.67. The molecule has 1 saturated heterocycles. The third-order valence-corrected chi connectivity index (χ3v) is 2.34. The maximum Gasteiger partial charge on any atom is 0.454 e. The second kappa shape index (κ2) is 3.80. The van der Waals surface area contributed by atoms with Crippen LogP contribution in [0.2, 0.25) is 6.82 Å². The molecule has 0 aromatic rings. The van der Waals surface area contributed by atoms with Crippen molar-refractivity contribution in [2.24, 2.45) is 11.8 Å². The average molecular weight is 170 g/mol. The third kappa shape index (κ3) is 2.02. The first-order valence-corrected chi connectivity index (χ1v) is 4.83. The lowest BCUT2D eigenvalue weighted by molar-refractivity contribution is 0.0815. The van der Waals surface area contributed by atoms with E-state index in [1.165, 1.54) is 0 Å². The van der Waals surface area contributed by atoms with Crippen molar-refractivity contribution < 1.29 is 9.31 Å². The molecule has 1 rings (SSSR count). The first-order valence-electron chi connectivity index (χ1n) is 4.83. The average Bonchev–Trinajstić information content (AvgIpc) is 2.31. The molecular formula is C9H19BO2. The van der Waals surface area contributed by atoms with Gasteiger partial charge in [0.2, 0.25) is 0 Å². The van der Waals surface area contributed by atoms with Gasteiger partial charge in [-0.25, -0.2) is 0 Å². The molecule has 3 heteroatoms. The standard InChI is InChI=1S/C9H19BO2/c1-6(2)8-9(7(3)4)12-10(5)11-8/h6-9H,1-5H3/t8-,9-/m1/s1. The Morgan fingerprint density at radius 3 is 1.50 bits per heavy atom. The van der Waals surface area contributed by atoms with Gasteiger partial charge in [-0.2, -0.15) is 0 Å². The van der Waals surface area contributed by atoms with Crippen molar-refractivity contribution in [2.45, 2.75) is 46.7 Å². The minimum absolute atomic E-state index is 0.0233. The molecule has 1 aliphatic rings. The summed E-state index contributed by atoms with van der Waals surface area (Å²) in [5.41, 5.74) is 0. The van der Waals surface area contributed by atoms with E-state index in [-0.39, 0.29) is 19.3 Å². The largest absolute Gasteiger partial charge is 0.454 e. The molecule has 0 spiro atoms. The lowest BCUT2D eigenvalue weighted by Gasteiger charge is -2.24. The predicted octanol–water partition coefficient (Wildman–Crippen LogP) is 2.20. The minimum Gasteiger partial charge on any atom is -0.406 e. The Hall–Kier alpha value is -0.0151. The Kier molecular flexibility index (Phi) is 3.19. The summed E-state index contributed by atoms with van der Waals surface area (Å²) in [6, 6.07) is 0. The van der Waals surface area contributed by atoms with E-state index in [1.807, 2.05) is 6.82 Å². The molecule has 0 unspecified atom stereocenters. The maximum absolute atomic E-state index is 5.67. The summed E-state index contributed by atoms with van der Waals surface area (Å²) in [6.45, 7) is 10.7. The zero-order valence-corrected chi connectivity index (χ0v) is 8.70. The summed E-state index contributed by atoms with van der Waals surface area (Å²) in [4.78, 5) is 0. The summed E-state index contributed by atoms with van der Waals surface area (Å²) in [5, 5.41) is 0. The highest BCUT2D eigenvalue weighted by molar-refractivity contribution is 6.43. The molecule has 1 heterocycles. The van der Waals surface area contributed by atoms with Gasteiger partial charge in [0.05, 0.1) is 12.2 Å². The van der Waals surface area contributed by atoms with E-state index >= 15 is 0 Å². The highest BCUT2D eigenvalue weighted by Crippen LogP contribution is 2.27. The van der Waals surface area contributed by atoms with Crippen LogP contribution in [0.3, 0.4) is 0 Å². The summed E-state index contributed by atoms with van der Waals surface area (Å²) in [5.74, 6) is 1.09. The third-order valence-electron chi connectivity index (χ3n) is 2.34. The highest BCUT2D eigenvalue weighted by Gasteiger charge is 2.39. The molecule has 1 fully saturated rings. The summed E-state index contributed by atoms with van der Waals surface area (Å²) in [6.07, 6.45) is 0.556. The van der Waals surface area contributed by atoms with E-state index in [1.54, 1.807) is 0 Å². The van der Waals surface area contributed by atoms with Gasteiger partial charge in [-0.05, 0) is 18.7 Å². The van der Waals surface area contributed by atoms with Gasteiger partial charge in [0, 0.05) is 0 Å². The molecule has 0 aromatic heterocycles. The first kappa shape index (κ1) is 10.1. The van der Waals surface area contributed by atoms with E-state index < -0.39 is 0 Å². The second-order valence-corrected chi connectivity index (χ2v) is 4.26. The molecule has 2 atom stereocenters. The van der Waals surface area contributed by atoms with Crippen LogP contribution in [0, 0.1) is 11.8 Å². The molecule has 70 valence electrons. The Labute approximate surface area is 75.8 Å².